The first kappa shape index (κ1) is 22.1. The van der Waals surface area contributed by atoms with Gasteiger partial charge in [-0.3, -0.25) is 10.3 Å². The number of thiocarbonyl (C=S) groups is 1. The van der Waals surface area contributed by atoms with Crippen LogP contribution in [0.15, 0.2) is 65.9 Å². The van der Waals surface area contributed by atoms with E-state index in [-0.39, 0.29) is 5.11 Å². The summed E-state index contributed by atoms with van der Waals surface area (Å²) in [5.74, 6) is 2.68. The molecule has 2 aliphatic rings. The molecule has 2 aliphatic heterocycles. The van der Waals surface area contributed by atoms with E-state index in [2.05, 4.69) is 56.7 Å². The summed E-state index contributed by atoms with van der Waals surface area (Å²) in [4.78, 5) is 9.54. The van der Waals surface area contributed by atoms with Crippen LogP contribution in [0.25, 0.3) is 11.1 Å². The van der Waals surface area contributed by atoms with Crippen LogP contribution in [0.3, 0.4) is 0 Å². The maximum Gasteiger partial charge on any atom is 0.231 e. The lowest BCUT2D eigenvalue weighted by atomic mass is 10.1. The Labute approximate surface area is 204 Å². The number of piperazine rings is 1. The highest BCUT2D eigenvalue weighted by molar-refractivity contribution is 7.80. The minimum atomic E-state index is 0.140. The fourth-order valence-electron chi connectivity index (χ4n) is 4.15. The zero-order chi connectivity index (χ0) is 23.3. The van der Waals surface area contributed by atoms with Gasteiger partial charge in [0.15, 0.2) is 16.6 Å². The first-order valence-electron chi connectivity index (χ1n) is 11.1. The third kappa shape index (κ3) is 5.27. The number of aromatic nitrogens is 1. The zero-order valence-electron chi connectivity index (χ0n) is 18.7. The summed E-state index contributed by atoms with van der Waals surface area (Å²) < 4.78 is 10.9. The first-order valence-corrected chi connectivity index (χ1v) is 11.6. The van der Waals surface area contributed by atoms with Crippen LogP contribution in [0.2, 0.25) is 0 Å². The molecule has 5 rings (SSSR count). The molecule has 174 valence electrons. The summed E-state index contributed by atoms with van der Waals surface area (Å²) in [6, 6.07) is 18.5. The topological polar surface area (TPSA) is 88.2 Å². The van der Waals surface area contributed by atoms with Crippen molar-refractivity contribution in [2.24, 2.45) is 10.8 Å². The van der Waals surface area contributed by atoms with Crippen molar-refractivity contribution in [1.82, 2.24) is 15.3 Å². The molecule has 34 heavy (non-hydrogen) atoms. The molecule has 0 bridgehead atoms. The van der Waals surface area contributed by atoms with E-state index in [1.165, 1.54) is 5.56 Å². The number of benzene rings is 2. The summed E-state index contributed by atoms with van der Waals surface area (Å²) in [5.41, 5.74) is 12.3. The highest BCUT2D eigenvalue weighted by Gasteiger charge is 2.20. The molecule has 3 N–H and O–H groups in total. The van der Waals surface area contributed by atoms with Crippen molar-refractivity contribution in [2.45, 2.75) is 6.54 Å². The van der Waals surface area contributed by atoms with Gasteiger partial charge in [-0.15, -0.1) is 0 Å². The number of fused-ring (bicyclic) bond motifs is 1. The van der Waals surface area contributed by atoms with Gasteiger partial charge in [0, 0.05) is 44.5 Å². The third-order valence-corrected chi connectivity index (χ3v) is 5.99. The molecule has 0 atom stereocenters. The molecule has 9 heteroatoms. The number of pyridine rings is 1. The average molecular weight is 475 g/mol. The number of hydrazone groups is 1. The number of rotatable bonds is 6. The highest BCUT2D eigenvalue weighted by atomic mass is 32.1. The van der Waals surface area contributed by atoms with E-state index in [0.717, 1.165) is 66.7 Å². The molecule has 0 unspecified atom stereocenters. The van der Waals surface area contributed by atoms with Crippen molar-refractivity contribution in [3.05, 3.63) is 71.9 Å². The fraction of sp³-hybridized carbons (Fsp3) is 0.240. The summed E-state index contributed by atoms with van der Waals surface area (Å²) in [6.07, 6.45) is 3.62. The normalized spacial score (nSPS) is 15.6. The van der Waals surface area contributed by atoms with E-state index < -0.39 is 0 Å². The largest absolute Gasteiger partial charge is 0.454 e. The van der Waals surface area contributed by atoms with Gasteiger partial charge in [0.1, 0.15) is 5.82 Å². The lowest BCUT2D eigenvalue weighted by molar-refractivity contribution is 0.174. The molecule has 1 saturated heterocycles. The number of nitrogens with zero attached hydrogens (tertiary/aromatic N) is 4. The van der Waals surface area contributed by atoms with Gasteiger partial charge in [-0.1, -0.05) is 24.3 Å². The van der Waals surface area contributed by atoms with Crippen molar-refractivity contribution >= 4 is 29.4 Å². The van der Waals surface area contributed by atoms with E-state index in [9.17, 15) is 0 Å². The van der Waals surface area contributed by atoms with Gasteiger partial charge in [0.05, 0.1) is 6.21 Å². The number of hydrogen-bond donors (Lipinski definition) is 2. The van der Waals surface area contributed by atoms with E-state index in [4.69, 9.17) is 32.4 Å². The molecule has 1 fully saturated rings. The Morgan fingerprint density at radius 3 is 2.68 bits per heavy atom. The molecule has 3 heterocycles. The van der Waals surface area contributed by atoms with Crippen LogP contribution in [-0.2, 0) is 6.54 Å². The molecular formula is C25H26N6O2S. The molecule has 1 aromatic heterocycles. The second kappa shape index (κ2) is 10.1. The van der Waals surface area contributed by atoms with E-state index >= 15 is 0 Å². The predicted octanol–water partition coefficient (Wildman–Crippen LogP) is 2.97. The van der Waals surface area contributed by atoms with Gasteiger partial charge in [-0.05, 0) is 59.2 Å². The van der Waals surface area contributed by atoms with Crippen molar-refractivity contribution in [1.29, 1.82) is 0 Å². The van der Waals surface area contributed by atoms with Crippen molar-refractivity contribution in [3.8, 4) is 22.6 Å². The Kier molecular flexibility index (Phi) is 6.55. The molecule has 8 nitrogen and oxygen atoms in total. The van der Waals surface area contributed by atoms with Gasteiger partial charge >= 0.3 is 0 Å². The molecular weight excluding hydrogens is 448 g/mol. The Morgan fingerprint density at radius 2 is 1.88 bits per heavy atom. The lowest BCUT2D eigenvalue weighted by Gasteiger charge is -2.35. The second-order valence-corrected chi connectivity index (χ2v) is 8.66. The second-order valence-electron chi connectivity index (χ2n) is 8.22. The summed E-state index contributed by atoms with van der Waals surface area (Å²) in [6.45, 7) is 5.07. The maximum absolute atomic E-state index is 5.50. The van der Waals surface area contributed by atoms with E-state index in [1.54, 1.807) is 6.21 Å². The Hall–Kier alpha value is -3.69. The molecule has 3 aromatic rings. The number of anilines is 1. The van der Waals surface area contributed by atoms with Crippen LogP contribution in [-0.4, -0.2) is 54.2 Å². The minimum absolute atomic E-state index is 0.140. The lowest BCUT2D eigenvalue weighted by Crippen LogP contribution is -2.46. The van der Waals surface area contributed by atoms with Crippen LogP contribution in [0.1, 0.15) is 11.1 Å². The van der Waals surface area contributed by atoms with Gasteiger partial charge in [0.2, 0.25) is 6.79 Å². The third-order valence-electron chi connectivity index (χ3n) is 5.90. The molecule has 0 saturated carbocycles. The molecule has 2 aromatic carbocycles. The van der Waals surface area contributed by atoms with Crippen LogP contribution in [0.5, 0.6) is 11.5 Å². The Balaban J connectivity index is 1.17. The predicted molar refractivity (Wildman–Crippen MR) is 137 cm³/mol. The number of ether oxygens (including phenoxy) is 2. The molecule has 0 radical (unpaired) electrons. The number of hydrogen-bond acceptors (Lipinski definition) is 7. The Bertz CT molecular complexity index is 1190. The van der Waals surface area contributed by atoms with E-state index in [1.807, 2.05) is 24.4 Å². The van der Waals surface area contributed by atoms with Crippen LogP contribution in [0.4, 0.5) is 5.82 Å². The SMILES string of the molecule is NC(=S)NN=Cc1cccc(-c2ccc(N3CCN(Cc4ccc5c(c4)OCO5)CC3)nc2)c1. The van der Waals surface area contributed by atoms with Gasteiger partial charge < -0.3 is 20.1 Å². The average Bonchev–Trinajstić information content (AvgIpc) is 3.33. The van der Waals surface area contributed by atoms with Crippen LogP contribution >= 0.6 is 12.2 Å². The van der Waals surface area contributed by atoms with Gasteiger partial charge in [-0.2, -0.15) is 5.10 Å². The zero-order valence-corrected chi connectivity index (χ0v) is 19.5. The standard InChI is InChI=1S/C25H26N6O2S/c26-25(34)29-28-14-18-2-1-3-20(12-18)21-5-7-24(27-15-21)31-10-8-30(9-11-31)16-19-4-6-22-23(13-19)33-17-32-22/h1-7,12-15H,8-11,16-17H2,(H3,26,29,34). The van der Waals surface area contributed by atoms with Crippen LogP contribution < -0.4 is 25.5 Å². The quantitative estimate of drug-likeness (QED) is 0.320. The van der Waals surface area contributed by atoms with Gasteiger partial charge in [-0.25, -0.2) is 4.98 Å². The van der Waals surface area contributed by atoms with Crippen molar-refractivity contribution in [3.63, 3.8) is 0 Å². The smallest absolute Gasteiger partial charge is 0.231 e. The summed E-state index contributed by atoms with van der Waals surface area (Å²) in [7, 11) is 0. The number of nitrogens with two attached hydrogens (primary N) is 1. The Morgan fingerprint density at radius 1 is 1.03 bits per heavy atom. The van der Waals surface area contributed by atoms with E-state index in [0.29, 0.717) is 6.79 Å². The van der Waals surface area contributed by atoms with Crippen LogP contribution in [0, 0.1) is 0 Å². The minimum Gasteiger partial charge on any atom is -0.454 e. The van der Waals surface area contributed by atoms with Crippen molar-refractivity contribution in [2.75, 3.05) is 37.9 Å². The first-order chi connectivity index (χ1) is 16.6. The monoisotopic (exact) mass is 474 g/mol. The number of nitrogens with one attached hydrogen (secondary N) is 1. The van der Waals surface area contributed by atoms with Gasteiger partial charge in [0.25, 0.3) is 0 Å². The summed E-state index contributed by atoms with van der Waals surface area (Å²) >= 11 is 4.76. The fourth-order valence-corrected chi connectivity index (χ4v) is 4.20. The molecule has 0 spiro atoms. The maximum atomic E-state index is 5.50. The summed E-state index contributed by atoms with van der Waals surface area (Å²) in [5, 5.41) is 4.16. The molecule has 0 aliphatic carbocycles. The molecule has 0 amide bonds. The van der Waals surface area contributed by atoms with Crippen molar-refractivity contribution < 1.29 is 9.47 Å². The highest BCUT2D eigenvalue weighted by Crippen LogP contribution is 2.33.